The molecule has 0 saturated heterocycles. The number of hydrogen-bond acceptors (Lipinski definition) is 1. The van der Waals surface area contributed by atoms with E-state index in [1.165, 1.54) is 25.7 Å². The van der Waals surface area contributed by atoms with Crippen LogP contribution in [0.2, 0.25) is 0 Å². The zero-order valence-corrected chi connectivity index (χ0v) is 11.4. The Kier molecular flexibility index (Phi) is 8.04. The molecule has 0 saturated carbocycles. The molecular formula is C13H28N2O. The molecule has 0 fully saturated rings. The van der Waals surface area contributed by atoms with E-state index in [4.69, 9.17) is 0 Å². The predicted molar refractivity (Wildman–Crippen MR) is 69.6 cm³/mol. The number of carbonyl (C=O) groups excluding carboxylic acids is 1. The van der Waals surface area contributed by atoms with Crippen LogP contribution in [0.1, 0.15) is 59.8 Å². The average Bonchev–Trinajstić information content (AvgIpc) is 2.24. The smallest absolute Gasteiger partial charge is 0.314 e. The third-order valence-corrected chi connectivity index (χ3v) is 2.72. The molecule has 0 unspecified atom stereocenters. The maximum Gasteiger partial charge on any atom is 0.314 e. The summed E-state index contributed by atoms with van der Waals surface area (Å²) in [4.78, 5) is 11.4. The summed E-state index contributed by atoms with van der Waals surface area (Å²) < 4.78 is 0. The molecule has 3 nitrogen and oxygen atoms in total. The lowest BCUT2D eigenvalue weighted by molar-refractivity contribution is 0.231. The monoisotopic (exact) mass is 228 g/mol. The van der Waals surface area contributed by atoms with Gasteiger partial charge in [0.1, 0.15) is 0 Å². The minimum absolute atomic E-state index is 0.0367. The molecule has 0 radical (unpaired) electrons. The molecule has 0 aliphatic rings. The molecule has 0 atom stereocenters. The summed E-state index contributed by atoms with van der Waals surface area (Å²) in [6, 6.07) is -0.0367. The summed E-state index contributed by atoms with van der Waals surface area (Å²) in [5.41, 5.74) is 0.207. The van der Waals surface area contributed by atoms with Crippen LogP contribution in [0.5, 0.6) is 0 Å². The third-order valence-electron chi connectivity index (χ3n) is 2.72. The van der Waals surface area contributed by atoms with E-state index in [0.717, 1.165) is 19.5 Å². The molecule has 0 aliphatic carbocycles. The van der Waals surface area contributed by atoms with Crippen LogP contribution in [0.4, 0.5) is 4.79 Å². The molecule has 0 aromatic carbocycles. The summed E-state index contributed by atoms with van der Waals surface area (Å²) in [6.07, 6.45) is 5.94. The van der Waals surface area contributed by atoms with Gasteiger partial charge in [0.05, 0.1) is 0 Å². The minimum atomic E-state index is -0.0367. The van der Waals surface area contributed by atoms with Crippen molar-refractivity contribution in [3.8, 4) is 0 Å². The van der Waals surface area contributed by atoms with Crippen molar-refractivity contribution in [2.24, 2.45) is 5.41 Å². The number of nitrogens with one attached hydrogen (secondary N) is 2. The van der Waals surface area contributed by atoms with Gasteiger partial charge in [-0.1, -0.05) is 47.0 Å². The number of urea groups is 1. The first-order valence-electron chi connectivity index (χ1n) is 6.53. The summed E-state index contributed by atoms with van der Waals surface area (Å²) in [7, 11) is 0. The van der Waals surface area contributed by atoms with Gasteiger partial charge in [-0.2, -0.15) is 0 Å². The quantitative estimate of drug-likeness (QED) is 0.615. The first-order valence-corrected chi connectivity index (χ1v) is 6.53. The standard InChI is InChI=1S/C13H28N2O/c1-5-7-8-9-13(3,4)11-15-12(16)14-10-6-2/h5-11H2,1-4H3,(H2,14,15,16). The Morgan fingerprint density at radius 1 is 1.06 bits per heavy atom. The van der Waals surface area contributed by atoms with Crippen molar-refractivity contribution in [3.63, 3.8) is 0 Å². The predicted octanol–water partition coefficient (Wildman–Crippen LogP) is 3.30. The van der Waals surface area contributed by atoms with Crippen molar-refractivity contribution in [2.75, 3.05) is 13.1 Å². The lowest BCUT2D eigenvalue weighted by Gasteiger charge is -2.25. The highest BCUT2D eigenvalue weighted by atomic mass is 16.2. The van der Waals surface area contributed by atoms with Crippen molar-refractivity contribution in [3.05, 3.63) is 0 Å². The summed E-state index contributed by atoms with van der Waals surface area (Å²) in [6.45, 7) is 10.2. The van der Waals surface area contributed by atoms with E-state index >= 15 is 0 Å². The lowest BCUT2D eigenvalue weighted by Crippen LogP contribution is -2.40. The molecule has 2 N–H and O–H groups in total. The molecule has 0 spiro atoms. The van der Waals surface area contributed by atoms with Crippen molar-refractivity contribution in [1.29, 1.82) is 0 Å². The topological polar surface area (TPSA) is 41.1 Å². The summed E-state index contributed by atoms with van der Waals surface area (Å²) in [5.74, 6) is 0. The van der Waals surface area contributed by atoms with Gasteiger partial charge < -0.3 is 10.6 Å². The fourth-order valence-corrected chi connectivity index (χ4v) is 1.56. The van der Waals surface area contributed by atoms with Crippen LogP contribution in [-0.2, 0) is 0 Å². The van der Waals surface area contributed by atoms with Crippen LogP contribution in [0, 0.1) is 5.41 Å². The van der Waals surface area contributed by atoms with Gasteiger partial charge in [-0.15, -0.1) is 0 Å². The summed E-state index contributed by atoms with van der Waals surface area (Å²) in [5, 5.41) is 5.76. The zero-order valence-electron chi connectivity index (χ0n) is 11.4. The Morgan fingerprint density at radius 3 is 2.31 bits per heavy atom. The van der Waals surface area contributed by atoms with E-state index in [2.05, 4.69) is 38.3 Å². The fourth-order valence-electron chi connectivity index (χ4n) is 1.56. The lowest BCUT2D eigenvalue weighted by atomic mass is 9.87. The minimum Gasteiger partial charge on any atom is -0.338 e. The van der Waals surface area contributed by atoms with E-state index in [1.807, 2.05) is 0 Å². The van der Waals surface area contributed by atoms with Crippen molar-refractivity contribution >= 4 is 6.03 Å². The van der Waals surface area contributed by atoms with Gasteiger partial charge >= 0.3 is 6.03 Å². The third kappa shape index (κ3) is 8.57. The molecule has 0 heterocycles. The maximum atomic E-state index is 11.4. The van der Waals surface area contributed by atoms with Gasteiger partial charge in [-0.3, -0.25) is 0 Å². The molecule has 0 aromatic rings. The van der Waals surface area contributed by atoms with Gasteiger partial charge in [-0.05, 0) is 18.3 Å². The van der Waals surface area contributed by atoms with E-state index in [9.17, 15) is 4.79 Å². The molecule has 96 valence electrons. The van der Waals surface area contributed by atoms with E-state index < -0.39 is 0 Å². The van der Waals surface area contributed by atoms with E-state index in [0.29, 0.717) is 0 Å². The Bertz CT molecular complexity index is 190. The SMILES string of the molecule is CCCCCC(C)(C)CNC(=O)NCCC. The van der Waals surface area contributed by atoms with Gasteiger partial charge in [0.25, 0.3) is 0 Å². The number of unbranched alkanes of at least 4 members (excludes halogenated alkanes) is 2. The Morgan fingerprint density at radius 2 is 1.75 bits per heavy atom. The van der Waals surface area contributed by atoms with Crippen LogP contribution in [0.25, 0.3) is 0 Å². The Hall–Kier alpha value is -0.730. The van der Waals surface area contributed by atoms with Crippen molar-refractivity contribution in [1.82, 2.24) is 10.6 Å². The molecule has 0 rings (SSSR count). The number of hydrogen-bond donors (Lipinski definition) is 2. The van der Waals surface area contributed by atoms with Crippen molar-refractivity contribution in [2.45, 2.75) is 59.8 Å². The molecule has 2 amide bonds. The highest BCUT2D eigenvalue weighted by Crippen LogP contribution is 2.22. The van der Waals surface area contributed by atoms with Gasteiger partial charge in [-0.25, -0.2) is 4.79 Å². The van der Waals surface area contributed by atoms with Crippen molar-refractivity contribution < 1.29 is 4.79 Å². The number of rotatable bonds is 8. The first-order chi connectivity index (χ1) is 7.52. The van der Waals surface area contributed by atoms with Gasteiger partial charge in [0.2, 0.25) is 0 Å². The molecule has 0 aliphatic heterocycles. The molecule has 0 aromatic heterocycles. The second kappa shape index (κ2) is 8.43. The molecule has 0 bridgehead atoms. The van der Waals surface area contributed by atoms with E-state index in [1.54, 1.807) is 0 Å². The van der Waals surface area contributed by atoms with Crippen LogP contribution in [0.3, 0.4) is 0 Å². The molecule has 3 heteroatoms. The number of carbonyl (C=O) groups is 1. The highest BCUT2D eigenvalue weighted by molar-refractivity contribution is 5.73. The zero-order chi connectivity index (χ0) is 12.4. The Labute approximate surface area is 100 Å². The molecular weight excluding hydrogens is 200 g/mol. The highest BCUT2D eigenvalue weighted by Gasteiger charge is 2.17. The summed E-state index contributed by atoms with van der Waals surface area (Å²) >= 11 is 0. The van der Waals surface area contributed by atoms with Crippen LogP contribution < -0.4 is 10.6 Å². The largest absolute Gasteiger partial charge is 0.338 e. The second-order valence-electron chi connectivity index (χ2n) is 5.23. The maximum absolute atomic E-state index is 11.4. The van der Waals surface area contributed by atoms with Gasteiger partial charge in [0.15, 0.2) is 0 Å². The van der Waals surface area contributed by atoms with Gasteiger partial charge in [0, 0.05) is 13.1 Å². The fraction of sp³-hybridized carbons (Fsp3) is 0.923. The second-order valence-corrected chi connectivity index (χ2v) is 5.23. The molecule has 16 heavy (non-hydrogen) atoms. The normalized spacial score (nSPS) is 11.2. The van der Waals surface area contributed by atoms with Crippen LogP contribution in [-0.4, -0.2) is 19.1 Å². The van der Waals surface area contributed by atoms with Crippen LogP contribution in [0.15, 0.2) is 0 Å². The first kappa shape index (κ1) is 15.3. The Balaban J connectivity index is 3.67. The van der Waals surface area contributed by atoms with E-state index in [-0.39, 0.29) is 11.4 Å². The average molecular weight is 228 g/mol. The number of amides is 2. The van der Waals surface area contributed by atoms with Crippen LogP contribution >= 0.6 is 0 Å².